The Morgan fingerprint density at radius 3 is 1.95 bits per heavy atom. The van der Waals surface area contributed by atoms with Crippen molar-refractivity contribution in [2.75, 3.05) is 14.2 Å². The Kier molecular flexibility index (Phi) is 3.62. The Labute approximate surface area is 129 Å². The van der Waals surface area contributed by atoms with Gasteiger partial charge in [-0.15, -0.1) is 34.4 Å². The second-order valence-corrected chi connectivity index (χ2v) is 7.05. The fourth-order valence-electron chi connectivity index (χ4n) is 2.24. The summed E-state index contributed by atoms with van der Waals surface area (Å²) in [6.07, 6.45) is 1.63. The van der Waals surface area contributed by atoms with Crippen LogP contribution in [0.2, 0.25) is 0 Å². The molecule has 0 saturated carbocycles. The highest BCUT2D eigenvalue weighted by molar-refractivity contribution is 8.04. The van der Waals surface area contributed by atoms with Crippen molar-refractivity contribution in [1.29, 1.82) is 0 Å². The molecule has 0 atom stereocenters. The topological polar surface area (TPSA) is 35.5 Å². The van der Waals surface area contributed by atoms with Gasteiger partial charge in [-0.05, 0) is 34.4 Å². The zero-order valence-electron chi connectivity index (χ0n) is 10.9. The van der Waals surface area contributed by atoms with Crippen molar-refractivity contribution in [2.24, 2.45) is 0 Å². The van der Waals surface area contributed by atoms with Crippen LogP contribution in [0.25, 0.3) is 0 Å². The van der Waals surface area contributed by atoms with E-state index >= 15 is 0 Å². The number of methoxy groups -OCH3 is 2. The largest absolute Gasteiger partial charge is 0.496 e. The molecule has 2 aromatic rings. The first kappa shape index (κ1) is 13.7. The van der Waals surface area contributed by atoms with E-state index in [1.807, 2.05) is 28.3 Å². The summed E-state index contributed by atoms with van der Waals surface area (Å²) in [6, 6.07) is 3.79. The van der Waals surface area contributed by atoms with Crippen LogP contribution in [-0.2, 0) is 9.54 Å². The van der Waals surface area contributed by atoms with E-state index in [1.165, 1.54) is 34.4 Å². The molecule has 3 nitrogen and oxygen atoms in total. The van der Waals surface area contributed by atoms with E-state index < -0.39 is 4.75 Å². The molecule has 0 bridgehead atoms. The highest BCUT2D eigenvalue weighted by Gasteiger charge is 2.49. The molecule has 0 fully saturated rings. The van der Waals surface area contributed by atoms with Gasteiger partial charge in [0.05, 0.1) is 24.0 Å². The molecule has 0 N–H and O–H groups in total. The van der Waals surface area contributed by atoms with Crippen LogP contribution in [-0.4, -0.2) is 20.0 Å². The maximum absolute atomic E-state index is 12.6. The van der Waals surface area contributed by atoms with Gasteiger partial charge in [-0.25, -0.2) is 0 Å². The highest BCUT2D eigenvalue weighted by atomic mass is 32.2. The van der Waals surface area contributed by atoms with Crippen LogP contribution in [0.1, 0.15) is 9.75 Å². The summed E-state index contributed by atoms with van der Waals surface area (Å²) in [6.45, 7) is 0. The van der Waals surface area contributed by atoms with Gasteiger partial charge in [0.25, 0.3) is 0 Å². The first-order valence-corrected chi connectivity index (χ1v) is 8.50. The lowest BCUT2D eigenvalue weighted by molar-refractivity contribution is -0.115. The molecule has 0 radical (unpaired) electrons. The third-order valence-electron chi connectivity index (χ3n) is 3.15. The lowest BCUT2D eigenvalue weighted by Gasteiger charge is -2.26. The van der Waals surface area contributed by atoms with Crippen molar-refractivity contribution < 1.29 is 14.3 Å². The zero-order valence-corrected chi connectivity index (χ0v) is 13.4. The van der Waals surface area contributed by atoms with E-state index in [0.717, 1.165) is 21.3 Å². The number of thioether (sulfide) groups is 1. The molecular formula is C14H12O3S3. The Bertz CT molecular complexity index is 627. The molecule has 0 saturated heterocycles. The molecule has 1 aliphatic rings. The average molecular weight is 324 g/mol. The first-order chi connectivity index (χ1) is 9.74. The van der Waals surface area contributed by atoms with E-state index in [-0.39, 0.29) is 5.78 Å². The maximum Gasteiger partial charge on any atom is 0.183 e. The molecule has 0 aliphatic carbocycles. The van der Waals surface area contributed by atoms with Gasteiger partial charge in [0.2, 0.25) is 0 Å². The molecule has 0 spiro atoms. The molecule has 2 aromatic heterocycles. The summed E-state index contributed by atoms with van der Waals surface area (Å²) in [5.41, 5.74) is 0. The summed E-state index contributed by atoms with van der Waals surface area (Å²) in [7, 11) is 3.25. The Morgan fingerprint density at radius 2 is 1.55 bits per heavy atom. The molecule has 3 heterocycles. The van der Waals surface area contributed by atoms with Crippen LogP contribution in [0.5, 0.6) is 11.5 Å². The smallest absolute Gasteiger partial charge is 0.183 e. The van der Waals surface area contributed by atoms with Crippen molar-refractivity contribution in [2.45, 2.75) is 4.75 Å². The monoisotopic (exact) mass is 324 g/mol. The summed E-state index contributed by atoms with van der Waals surface area (Å²) < 4.78 is 10.1. The van der Waals surface area contributed by atoms with E-state index in [1.54, 1.807) is 20.3 Å². The van der Waals surface area contributed by atoms with Crippen LogP contribution in [0.3, 0.4) is 0 Å². The minimum atomic E-state index is -0.765. The van der Waals surface area contributed by atoms with Crippen LogP contribution >= 0.6 is 34.4 Å². The van der Waals surface area contributed by atoms with Gasteiger partial charge in [0.1, 0.15) is 11.5 Å². The summed E-state index contributed by atoms with van der Waals surface area (Å²) in [5, 5.41) is 5.74. The summed E-state index contributed by atoms with van der Waals surface area (Å²) in [5.74, 6) is 1.55. The van der Waals surface area contributed by atoms with Crippen molar-refractivity contribution in [3.63, 3.8) is 0 Å². The number of ether oxygens (including phenoxy) is 2. The number of hydrogen-bond acceptors (Lipinski definition) is 6. The average Bonchev–Trinajstić information content (AvgIpc) is 3.17. The third kappa shape index (κ3) is 1.82. The predicted molar refractivity (Wildman–Crippen MR) is 84.3 cm³/mol. The highest BCUT2D eigenvalue weighted by Crippen LogP contribution is 2.56. The van der Waals surface area contributed by atoms with E-state index in [2.05, 4.69) is 0 Å². The van der Waals surface area contributed by atoms with Gasteiger partial charge >= 0.3 is 0 Å². The molecule has 3 rings (SSSR count). The van der Waals surface area contributed by atoms with E-state index in [9.17, 15) is 4.79 Å². The molecule has 20 heavy (non-hydrogen) atoms. The number of carbonyl (C=O) groups is 1. The third-order valence-corrected chi connectivity index (χ3v) is 6.67. The Hall–Kier alpha value is -1.24. The Balaban J connectivity index is 2.24. The van der Waals surface area contributed by atoms with Crippen LogP contribution in [0.4, 0.5) is 0 Å². The molecule has 104 valence electrons. The van der Waals surface area contributed by atoms with E-state index in [4.69, 9.17) is 9.47 Å². The van der Waals surface area contributed by atoms with Crippen molar-refractivity contribution in [3.05, 3.63) is 44.1 Å². The molecule has 0 aromatic carbocycles. The molecule has 1 aliphatic heterocycles. The van der Waals surface area contributed by atoms with Gasteiger partial charge in [-0.3, -0.25) is 4.79 Å². The lowest BCUT2D eigenvalue weighted by atomic mass is 9.98. The summed E-state index contributed by atoms with van der Waals surface area (Å²) >= 11 is 4.57. The quantitative estimate of drug-likeness (QED) is 0.854. The van der Waals surface area contributed by atoms with Crippen LogP contribution < -0.4 is 9.47 Å². The fraction of sp³-hybridized carbons (Fsp3) is 0.214. The number of ketones is 1. The normalized spacial score (nSPS) is 16.6. The minimum absolute atomic E-state index is 0.0593. The maximum atomic E-state index is 12.6. The van der Waals surface area contributed by atoms with Crippen LogP contribution in [0, 0.1) is 0 Å². The minimum Gasteiger partial charge on any atom is -0.496 e. The van der Waals surface area contributed by atoms with Gasteiger partial charge in [-0.1, -0.05) is 0 Å². The Morgan fingerprint density at radius 1 is 1.00 bits per heavy atom. The van der Waals surface area contributed by atoms with Crippen molar-refractivity contribution >= 4 is 40.2 Å². The summed E-state index contributed by atoms with van der Waals surface area (Å²) in [4.78, 5) is 14.5. The zero-order chi connectivity index (χ0) is 14.2. The SMILES string of the molecule is COc1ccsc1C1(c2sccc2OC)SC=CC1=O. The molecule has 0 unspecified atom stereocenters. The molecular weight excluding hydrogens is 312 g/mol. The van der Waals surface area contributed by atoms with Crippen molar-refractivity contribution in [1.82, 2.24) is 0 Å². The molecule has 6 heteroatoms. The van der Waals surface area contributed by atoms with Gasteiger partial charge in [0, 0.05) is 0 Å². The van der Waals surface area contributed by atoms with Gasteiger partial charge < -0.3 is 9.47 Å². The van der Waals surface area contributed by atoms with Gasteiger partial charge in [0.15, 0.2) is 10.5 Å². The molecule has 0 amide bonds. The number of carbonyl (C=O) groups excluding carboxylic acids is 1. The second kappa shape index (κ2) is 5.27. The number of thiophene rings is 2. The fourth-order valence-corrected chi connectivity index (χ4v) is 5.80. The van der Waals surface area contributed by atoms with Crippen molar-refractivity contribution in [3.8, 4) is 11.5 Å². The standard InChI is InChI=1S/C14H12O3S3/c1-16-9-3-6-18-12(9)14(11(15)5-8-20-14)13-10(17-2)4-7-19-13/h3-8H,1-2H3. The number of allylic oxidation sites excluding steroid dienone is 1. The lowest BCUT2D eigenvalue weighted by Crippen LogP contribution is -2.28. The second-order valence-electron chi connectivity index (χ2n) is 4.10. The number of rotatable bonds is 4. The first-order valence-electron chi connectivity index (χ1n) is 5.86. The van der Waals surface area contributed by atoms with E-state index in [0.29, 0.717) is 0 Å². The predicted octanol–water partition coefficient (Wildman–Crippen LogP) is 3.90. The number of hydrogen-bond donors (Lipinski definition) is 0. The van der Waals surface area contributed by atoms with Gasteiger partial charge in [-0.2, -0.15) is 0 Å². The van der Waals surface area contributed by atoms with Crippen LogP contribution in [0.15, 0.2) is 34.4 Å².